The van der Waals surface area contributed by atoms with Gasteiger partial charge in [0.25, 0.3) is 5.56 Å². The summed E-state index contributed by atoms with van der Waals surface area (Å²) in [6.45, 7) is 7.35. The summed E-state index contributed by atoms with van der Waals surface area (Å²) in [7, 11) is 0. The van der Waals surface area contributed by atoms with Gasteiger partial charge < -0.3 is 10.6 Å². The highest BCUT2D eigenvalue weighted by Gasteiger charge is 2.27. The number of nitriles is 1. The summed E-state index contributed by atoms with van der Waals surface area (Å²) in [6, 6.07) is 11.0. The van der Waals surface area contributed by atoms with Crippen LogP contribution >= 0.6 is 0 Å². The molecule has 0 unspecified atom stereocenters. The van der Waals surface area contributed by atoms with Crippen LogP contribution in [-0.2, 0) is 24.9 Å². The Kier molecular flexibility index (Phi) is 6.02. The van der Waals surface area contributed by atoms with Gasteiger partial charge in [-0.25, -0.2) is 23.7 Å². The Labute approximate surface area is 207 Å². The van der Waals surface area contributed by atoms with E-state index in [1.54, 1.807) is 18.5 Å². The molecule has 2 N–H and O–H groups in total. The minimum Gasteiger partial charge on any atom is -0.324 e. The zero-order chi connectivity index (χ0) is 25.4. The molecule has 0 amide bonds. The van der Waals surface area contributed by atoms with Gasteiger partial charge in [0.1, 0.15) is 11.2 Å². The first-order valence-electron chi connectivity index (χ1n) is 12.0. The molecular weight excluding hydrogens is 459 g/mol. The molecule has 36 heavy (non-hydrogen) atoms. The number of nitrogens with zero attached hydrogens (tertiary/aromatic N) is 6. The van der Waals surface area contributed by atoms with Gasteiger partial charge in [0, 0.05) is 25.0 Å². The van der Waals surface area contributed by atoms with Gasteiger partial charge in [0.2, 0.25) is 5.95 Å². The zero-order valence-corrected chi connectivity index (χ0v) is 20.5. The Morgan fingerprint density at radius 3 is 2.83 bits per heavy atom. The number of rotatable bonds is 6. The van der Waals surface area contributed by atoms with Crippen LogP contribution in [0.15, 0.2) is 41.3 Å². The molecule has 0 saturated heterocycles. The van der Waals surface area contributed by atoms with Gasteiger partial charge in [0.05, 0.1) is 17.2 Å². The van der Waals surface area contributed by atoms with Gasteiger partial charge in [-0.05, 0) is 68.6 Å². The fourth-order valence-electron chi connectivity index (χ4n) is 4.46. The van der Waals surface area contributed by atoms with Crippen molar-refractivity contribution in [2.75, 3.05) is 11.9 Å². The number of hydrogen-bond donors (Lipinski definition) is 2. The summed E-state index contributed by atoms with van der Waals surface area (Å²) in [5, 5.41) is 16.5. The molecule has 4 aromatic rings. The van der Waals surface area contributed by atoms with E-state index < -0.39 is 11.2 Å². The van der Waals surface area contributed by atoms with E-state index in [0.29, 0.717) is 35.8 Å². The zero-order valence-electron chi connectivity index (χ0n) is 20.5. The second kappa shape index (κ2) is 9.17. The quantitative estimate of drug-likeness (QED) is 0.427. The molecular formula is C26H27FN8O. The number of pyridine rings is 1. The SMILES string of the molecule is CCCn1c(=O)c2cnc(Nc3ccc4c(c3)CNCC4)nc2n1-c1ccc(F)c(C(C)(C)C#N)n1. The molecule has 5 rings (SSSR count). The summed E-state index contributed by atoms with van der Waals surface area (Å²) in [6.07, 6.45) is 3.18. The Balaban J connectivity index is 1.64. The summed E-state index contributed by atoms with van der Waals surface area (Å²) in [5.74, 6) is 0.0538. The van der Waals surface area contributed by atoms with Crippen molar-refractivity contribution >= 4 is 22.7 Å². The topological polar surface area (TPSA) is 113 Å². The third-order valence-corrected chi connectivity index (χ3v) is 6.38. The van der Waals surface area contributed by atoms with E-state index >= 15 is 0 Å². The number of fused-ring (bicyclic) bond motifs is 2. The Hall–Kier alpha value is -4.10. The predicted molar refractivity (Wildman–Crippen MR) is 135 cm³/mol. The standard InChI is InChI=1S/C26H27FN8O/c1-4-11-34-24(36)19-14-30-25(31-18-6-5-16-9-10-29-13-17(16)12-18)33-23(19)35(34)21-8-7-20(27)22(32-21)26(2,3)15-28/h5-8,12,14,29H,4,9-11,13H2,1-3H3,(H,30,31,33). The van der Waals surface area contributed by atoms with Crippen molar-refractivity contribution in [1.82, 2.24) is 29.6 Å². The smallest absolute Gasteiger partial charge is 0.278 e. The van der Waals surface area contributed by atoms with Crippen LogP contribution in [0.5, 0.6) is 0 Å². The highest BCUT2D eigenvalue weighted by Crippen LogP contribution is 2.26. The number of nitrogens with one attached hydrogen (secondary N) is 2. The van der Waals surface area contributed by atoms with Crippen LogP contribution in [0.4, 0.5) is 16.0 Å². The van der Waals surface area contributed by atoms with E-state index in [-0.39, 0.29) is 11.3 Å². The van der Waals surface area contributed by atoms with Crippen LogP contribution in [0, 0.1) is 17.1 Å². The van der Waals surface area contributed by atoms with Crippen LogP contribution in [-0.4, -0.2) is 30.9 Å². The van der Waals surface area contributed by atoms with Crippen molar-refractivity contribution in [2.24, 2.45) is 0 Å². The molecule has 3 aromatic heterocycles. The first-order chi connectivity index (χ1) is 17.3. The first-order valence-corrected chi connectivity index (χ1v) is 12.0. The molecule has 0 fully saturated rings. The van der Waals surface area contributed by atoms with Crippen molar-refractivity contribution < 1.29 is 4.39 Å². The van der Waals surface area contributed by atoms with Crippen LogP contribution in [0.3, 0.4) is 0 Å². The molecule has 0 spiro atoms. The highest BCUT2D eigenvalue weighted by molar-refractivity contribution is 5.77. The largest absolute Gasteiger partial charge is 0.324 e. The summed E-state index contributed by atoms with van der Waals surface area (Å²) >= 11 is 0. The van der Waals surface area contributed by atoms with Gasteiger partial charge >= 0.3 is 0 Å². The molecule has 4 heterocycles. The number of aromatic nitrogens is 5. The summed E-state index contributed by atoms with van der Waals surface area (Å²) in [5.41, 5.74) is 2.34. The molecule has 0 bridgehead atoms. The first kappa shape index (κ1) is 23.6. The average molecular weight is 487 g/mol. The lowest BCUT2D eigenvalue weighted by Crippen LogP contribution is -2.24. The molecule has 184 valence electrons. The predicted octanol–water partition coefficient (Wildman–Crippen LogP) is 3.72. The Morgan fingerprint density at radius 1 is 1.22 bits per heavy atom. The molecule has 9 nitrogen and oxygen atoms in total. The van der Waals surface area contributed by atoms with Gasteiger partial charge in [-0.2, -0.15) is 10.2 Å². The average Bonchev–Trinajstić information content (AvgIpc) is 3.15. The van der Waals surface area contributed by atoms with E-state index in [9.17, 15) is 14.4 Å². The molecule has 0 atom stereocenters. The molecule has 1 aromatic carbocycles. The van der Waals surface area contributed by atoms with Gasteiger partial charge in [-0.1, -0.05) is 13.0 Å². The highest BCUT2D eigenvalue weighted by atomic mass is 19.1. The maximum absolute atomic E-state index is 14.6. The normalized spacial score (nSPS) is 13.4. The fraction of sp³-hybridized carbons (Fsp3) is 0.346. The van der Waals surface area contributed by atoms with E-state index in [1.807, 2.05) is 13.0 Å². The lowest BCUT2D eigenvalue weighted by atomic mass is 9.90. The molecule has 1 aliphatic heterocycles. The molecule has 10 heteroatoms. The monoisotopic (exact) mass is 486 g/mol. The minimum absolute atomic E-state index is 0.00919. The second-order valence-corrected chi connectivity index (χ2v) is 9.44. The Morgan fingerprint density at radius 2 is 2.06 bits per heavy atom. The fourth-order valence-corrected chi connectivity index (χ4v) is 4.46. The number of halogens is 1. The number of anilines is 2. The maximum Gasteiger partial charge on any atom is 0.278 e. The number of hydrogen-bond acceptors (Lipinski definition) is 7. The van der Waals surface area contributed by atoms with Gasteiger partial charge in [-0.15, -0.1) is 0 Å². The van der Waals surface area contributed by atoms with E-state index in [0.717, 1.165) is 25.2 Å². The van der Waals surface area contributed by atoms with Crippen molar-refractivity contribution in [2.45, 2.75) is 52.1 Å². The van der Waals surface area contributed by atoms with Gasteiger partial charge in [0.15, 0.2) is 11.5 Å². The Bertz CT molecular complexity index is 1560. The van der Waals surface area contributed by atoms with Crippen LogP contribution in [0.1, 0.15) is 44.0 Å². The van der Waals surface area contributed by atoms with Crippen LogP contribution in [0.2, 0.25) is 0 Å². The van der Waals surface area contributed by atoms with E-state index in [1.165, 1.54) is 34.1 Å². The van der Waals surface area contributed by atoms with Crippen molar-refractivity contribution in [1.29, 1.82) is 5.26 Å². The van der Waals surface area contributed by atoms with Gasteiger partial charge in [-0.3, -0.25) is 4.79 Å². The van der Waals surface area contributed by atoms with Crippen LogP contribution < -0.4 is 16.2 Å². The van der Waals surface area contributed by atoms with E-state index in [2.05, 4.69) is 43.8 Å². The number of benzene rings is 1. The molecule has 0 radical (unpaired) electrons. The molecule has 0 saturated carbocycles. The molecule has 1 aliphatic rings. The summed E-state index contributed by atoms with van der Waals surface area (Å²) in [4.78, 5) is 26.7. The minimum atomic E-state index is -1.15. The second-order valence-electron chi connectivity index (χ2n) is 9.44. The lowest BCUT2D eigenvalue weighted by molar-refractivity contribution is 0.514. The third-order valence-electron chi connectivity index (χ3n) is 6.38. The van der Waals surface area contributed by atoms with E-state index in [4.69, 9.17) is 0 Å². The molecule has 0 aliphatic carbocycles. The maximum atomic E-state index is 14.6. The summed E-state index contributed by atoms with van der Waals surface area (Å²) < 4.78 is 17.7. The van der Waals surface area contributed by atoms with Crippen molar-refractivity contribution in [3.05, 3.63) is 69.5 Å². The van der Waals surface area contributed by atoms with Crippen LogP contribution in [0.25, 0.3) is 16.9 Å². The lowest BCUT2D eigenvalue weighted by Gasteiger charge is -2.18. The van der Waals surface area contributed by atoms with Crippen molar-refractivity contribution in [3.63, 3.8) is 0 Å². The third kappa shape index (κ3) is 4.12. The van der Waals surface area contributed by atoms with Crippen molar-refractivity contribution in [3.8, 4) is 11.9 Å².